The van der Waals surface area contributed by atoms with Gasteiger partial charge in [-0.15, -0.1) is 0 Å². The molecule has 0 N–H and O–H groups in total. The third kappa shape index (κ3) is 5.10. The monoisotopic (exact) mass is 497 g/mol. The normalized spacial score (nSPS) is 23.3. The molecule has 2 saturated carbocycles. The molecule has 4 heteroatoms. The Morgan fingerprint density at radius 1 is 0.865 bits per heavy atom. The predicted octanol–water partition coefficient (Wildman–Crippen LogP) is 4.96. The highest BCUT2D eigenvalue weighted by atomic mass is 16.5. The second-order valence-corrected chi connectivity index (χ2v) is 11.5. The van der Waals surface area contributed by atoms with Crippen LogP contribution in [-0.4, -0.2) is 43.2 Å². The van der Waals surface area contributed by atoms with Crippen molar-refractivity contribution in [2.75, 3.05) is 20.6 Å². The number of hydrogen-bond acceptors (Lipinski definition) is 3. The van der Waals surface area contributed by atoms with Crippen LogP contribution in [0.5, 0.6) is 0 Å². The van der Waals surface area contributed by atoms with Crippen LogP contribution in [0.4, 0.5) is 0 Å². The highest BCUT2D eigenvalue weighted by molar-refractivity contribution is 5.82. The van der Waals surface area contributed by atoms with Gasteiger partial charge in [0.1, 0.15) is 0 Å². The van der Waals surface area contributed by atoms with Gasteiger partial charge in [-0.2, -0.15) is 0 Å². The van der Waals surface area contributed by atoms with E-state index in [1.165, 1.54) is 18.4 Å². The maximum atomic E-state index is 13.0. The molecule has 2 aliphatic carbocycles. The van der Waals surface area contributed by atoms with Gasteiger partial charge in [0.15, 0.2) is 5.60 Å². The fourth-order valence-electron chi connectivity index (χ4n) is 7.02. The second kappa shape index (κ2) is 10.8. The lowest BCUT2D eigenvalue weighted by Gasteiger charge is -2.42. The summed E-state index contributed by atoms with van der Waals surface area (Å²) in [5.74, 6) is -0.467. The van der Waals surface area contributed by atoms with E-state index in [1.54, 1.807) is 0 Å². The van der Waals surface area contributed by atoms with E-state index in [4.69, 9.17) is 4.74 Å². The van der Waals surface area contributed by atoms with Crippen molar-refractivity contribution in [3.05, 3.63) is 108 Å². The van der Waals surface area contributed by atoms with Crippen LogP contribution in [0, 0.1) is 11.8 Å². The SMILES string of the molecule is C[N+](C)(CCCCc1ccccc1)[C@H]1CC2CCC1C2OC(C(=O)[O-])(c1ccccc1)c1ccccc1. The lowest BCUT2D eigenvalue weighted by Crippen LogP contribution is -2.54. The van der Waals surface area contributed by atoms with E-state index in [0.29, 0.717) is 29.0 Å². The number of carbonyl (C=O) groups is 1. The largest absolute Gasteiger partial charge is 0.546 e. The average molecular weight is 498 g/mol. The number of nitrogens with zero attached hydrogens (tertiary/aromatic N) is 1. The third-order valence-corrected chi connectivity index (χ3v) is 8.95. The Morgan fingerprint density at radius 3 is 2.00 bits per heavy atom. The Kier molecular flexibility index (Phi) is 7.50. The molecule has 194 valence electrons. The van der Waals surface area contributed by atoms with E-state index in [2.05, 4.69) is 44.4 Å². The number of carbonyl (C=O) groups excluding carboxylic acids is 1. The molecule has 0 saturated heterocycles. The van der Waals surface area contributed by atoms with Gasteiger partial charge >= 0.3 is 0 Å². The molecular weight excluding hydrogens is 458 g/mol. The van der Waals surface area contributed by atoms with Crippen molar-refractivity contribution in [1.29, 1.82) is 0 Å². The van der Waals surface area contributed by atoms with Crippen molar-refractivity contribution in [3.63, 3.8) is 0 Å². The van der Waals surface area contributed by atoms with Crippen LogP contribution >= 0.6 is 0 Å². The molecule has 3 aromatic carbocycles. The number of aryl methyl sites for hydroxylation is 1. The van der Waals surface area contributed by atoms with Gasteiger partial charge in [0.2, 0.25) is 0 Å². The Balaban J connectivity index is 1.34. The number of quaternary nitrogens is 1. The summed E-state index contributed by atoms with van der Waals surface area (Å²) < 4.78 is 7.82. The molecule has 4 nitrogen and oxygen atoms in total. The summed E-state index contributed by atoms with van der Waals surface area (Å²) in [6.45, 7) is 1.12. The summed E-state index contributed by atoms with van der Waals surface area (Å²) in [5.41, 5.74) is 1.04. The van der Waals surface area contributed by atoms with E-state index in [-0.39, 0.29) is 6.10 Å². The molecule has 3 aromatic rings. The topological polar surface area (TPSA) is 49.4 Å². The molecule has 3 unspecified atom stereocenters. The van der Waals surface area contributed by atoms with Gasteiger partial charge in [0.25, 0.3) is 0 Å². The summed E-state index contributed by atoms with van der Waals surface area (Å²) in [6, 6.07) is 29.9. The maximum Gasteiger partial charge on any atom is 0.158 e. The minimum Gasteiger partial charge on any atom is -0.546 e. The molecule has 5 rings (SSSR count). The van der Waals surface area contributed by atoms with E-state index >= 15 is 0 Å². The van der Waals surface area contributed by atoms with Gasteiger partial charge in [-0.3, -0.25) is 0 Å². The molecule has 2 bridgehead atoms. The number of carboxylic acid groups (broad SMARTS) is 1. The van der Waals surface area contributed by atoms with Crippen molar-refractivity contribution in [2.45, 2.75) is 56.3 Å². The number of fused-ring (bicyclic) bond motifs is 2. The first-order valence-electron chi connectivity index (χ1n) is 13.8. The summed E-state index contributed by atoms with van der Waals surface area (Å²) in [4.78, 5) is 13.0. The molecule has 0 amide bonds. The zero-order chi connectivity index (χ0) is 25.9. The van der Waals surface area contributed by atoms with Gasteiger partial charge < -0.3 is 19.1 Å². The Morgan fingerprint density at radius 2 is 1.43 bits per heavy atom. The van der Waals surface area contributed by atoms with Crippen LogP contribution in [0.2, 0.25) is 0 Å². The highest BCUT2D eigenvalue weighted by Crippen LogP contribution is 2.52. The van der Waals surface area contributed by atoms with Crippen molar-refractivity contribution >= 4 is 5.97 Å². The first-order valence-corrected chi connectivity index (χ1v) is 13.8. The zero-order valence-corrected chi connectivity index (χ0v) is 22.1. The quantitative estimate of drug-likeness (QED) is 0.278. The Hall–Kier alpha value is -2.95. The Bertz CT molecular complexity index is 1120. The van der Waals surface area contributed by atoms with Crippen molar-refractivity contribution in [2.24, 2.45) is 11.8 Å². The van der Waals surface area contributed by atoms with E-state index in [0.717, 1.165) is 36.7 Å². The minimum absolute atomic E-state index is 0.0926. The lowest BCUT2D eigenvalue weighted by molar-refractivity contribution is -0.918. The summed E-state index contributed by atoms with van der Waals surface area (Å²) in [6.07, 6.45) is 6.68. The van der Waals surface area contributed by atoms with Gasteiger partial charge in [-0.1, -0.05) is 91.0 Å². The molecule has 0 aliphatic heterocycles. The van der Waals surface area contributed by atoms with Crippen LogP contribution in [0.25, 0.3) is 0 Å². The van der Waals surface area contributed by atoms with Gasteiger partial charge in [0, 0.05) is 12.3 Å². The number of benzene rings is 3. The van der Waals surface area contributed by atoms with Crippen LogP contribution in [-0.2, 0) is 21.6 Å². The molecule has 0 radical (unpaired) electrons. The van der Waals surface area contributed by atoms with Crippen LogP contribution in [0.1, 0.15) is 48.8 Å². The summed E-state index contributed by atoms with van der Waals surface area (Å²) in [5, 5.41) is 13.0. The van der Waals surface area contributed by atoms with Crippen LogP contribution in [0.3, 0.4) is 0 Å². The van der Waals surface area contributed by atoms with Gasteiger partial charge in [0.05, 0.1) is 38.8 Å². The average Bonchev–Trinajstić information content (AvgIpc) is 3.48. The van der Waals surface area contributed by atoms with Gasteiger partial charge in [-0.05, 0) is 54.7 Å². The number of hydrogen-bond donors (Lipinski definition) is 0. The Labute approximate surface area is 221 Å². The fourth-order valence-corrected chi connectivity index (χ4v) is 7.02. The molecule has 0 spiro atoms. The van der Waals surface area contributed by atoms with Crippen molar-refractivity contribution in [3.8, 4) is 0 Å². The molecule has 37 heavy (non-hydrogen) atoms. The number of ether oxygens (including phenoxy) is 1. The molecule has 4 atom stereocenters. The smallest absolute Gasteiger partial charge is 0.158 e. The third-order valence-electron chi connectivity index (χ3n) is 8.95. The first-order chi connectivity index (χ1) is 17.9. The number of carboxylic acids is 1. The molecule has 2 fully saturated rings. The van der Waals surface area contributed by atoms with Crippen molar-refractivity contribution in [1.82, 2.24) is 0 Å². The van der Waals surface area contributed by atoms with Crippen molar-refractivity contribution < 1.29 is 19.1 Å². The number of aliphatic carboxylic acids is 1. The molecule has 0 aromatic heterocycles. The molecule has 2 aliphatic rings. The number of rotatable bonds is 11. The van der Waals surface area contributed by atoms with E-state index in [1.807, 2.05) is 60.7 Å². The second-order valence-electron chi connectivity index (χ2n) is 11.5. The van der Waals surface area contributed by atoms with Crippen LogP contribution in [0.15, 0.2) is 91.0 Å². The van der Waals surface area contributed by atoms with E-state index in [9.17, 15) is 9.90 Å². The van der Waals surface area contributed by atoms with Gasteiger partial charge in [-0.25, -0.2) is 0 Å². The lowest BCUT2D eigenvalue weighted by atomic mass is 9.85. The predicted molar refractivity (Wildman–Crippen MR) is 145 cm³/mol. The zero-order valence-electron chi connectivity index (χ0n) is 22.1. The van der Waals surface area contributed by atoms with Crippen LogP contribution < -0.4 is 5.11 Å². The number of unbranched alkanes of at least 4 members (excludes halogenated alkanes) is 1. The summed E-state index contributed by atoms with van der Waals surface area (Å²) >= 11 is 0. The highest BCUT2D eigenvalue weighted by Gasteiger charge is 2.57. The first kappa shape index (κ1) is 25.7. The maximum absolute atomic E-state index is 13.0. The standard InChI is InChI=1S/C33H39NO3/c1-34(2,23-13-12-16-25-14-6-3-7-15-25)30-24-26-21-22-29(30)31(26)37-33(32(35)36,27-17-8-4-9-18-27)28-19-10-5-11-20-28/h3-11,14-15,17-20,26,29-31H,12-13,16,21-24H2,1-2H3/t26?,29?,30-,31?/m0/s1. The summed E-state index contributed by atoms with van der Waals surface area (Å²) in [7, 11) is 4.71. The molecule has 0 heterocycles. The minimum atomic E-state index is -1.62. The fraction of sp³-hybridized carbons (Fsp3) is 0.424. The molecular formula is C33H39NO3. The van der Waals surface area contributed by atoms with E-state index < -0.39 is 11.6 Å².